The van der Waals surface area contributed by atoms with E-state index in [1.165, 1.54) is 0 Å². The lowest BCUT2D eigenvalue weighted by Crippen LogP contribution is -2.47. The molecule has 0 aliphatic carbocycles. The molecule has 0 saturated carbocycles. The molecule has 154 valence electrons. The van der Waals surface area contributed by atoms with Crippen LogP contribution in [0, 0.1) is 0 Å². The van der Waals surface area contributed by atoms with Crippen LogP contribution in [0.3, 0.4) is 0 Å². The molecular formula is C21H21N5O4. The highest BCUT2D eigenvalue weighted by atomic mass is 16.2. The molecule has 2 aromatic rings. The zero-order valence-electron chi connectivity index (χ0n) is 16.4. The fourth-order valence-corrected chi connectivity index (χ4v) is 3.48. The van der Waals surface area contributed by atoms with Crippen LogP contribution in [0.1, 0.15) is 41.4 Å². The van der Waals surface area contributed by atoms with Gasteiger partial charge in [-0.3, -0.25) is 19.2 Å². The Hall–Kier alpha value is -3.40. The number of benzene rings is 2. The Bertz CT molecular complexity index is 886. The molecule has 4 rings (SSSR count). The van der Waals surface area contributed by atoms with E-state index in [0.717, 1.165) is 10.0 Å². The summed E-state index contributed by atoms with van der Waals surface area (Å²) in [6.45, 7) is 1.87. The minimum atomic E-state index is -0.356. The summed E-state index contributed by atoms with van der Waals surface area (Å²) >= 11 is 0. The second-order valence-electron chi connectivity index (χ2n) is 7.10. The lowest BCUT2D eigenvalue weighted by atomic mass is 10.1. The monoisotopic (exact) mass is 407 g/mol. The smallest absolute Gasteiger partial charge is 0.276 e. The molecule has 9 nitrogen and oxygen atoms in total. The number of hydrogen-bond acceptors (Lipinski definition) is 7. The number of imide groups is 2. The quantitative estimate of drug-likeness (QED) is 0.615. The van der Waals surface area contributed by atoms with Crippen molar-refractivity contribution in [3.05, 3.63) is 70.8 Å². The first kappa shape index (κ1) is 19.9. The summed E-state index contributed by atoms with van der Waals surface area (Å²) in [6, 6.07) is 13.4. The fraction of sp³-hybridized carbons (Fsp3) is 0.238. The van der Waals surface area contributed by atoms with E-state index in [-0.39, 0.29) is 23.6 Å². The Kier molecular flexibility index (Phi) is 5.40. The highest BCUT2D eigenvalue weighted by Crippen LogP contribution is 2.21. The standard InChI is InChI=1S/C21H21N5O4/c1-24(12-10-22-25-18(27)14-6-2-3-7-15(14)19(25)28)13-11-23-26-20(29)16-8-4-5-9-17(16)21(26)30/h2-9,22-23H,10-13H2,1H3. The van der Waals surface area contributed by atoms with Crippen LogP contribution in [0.5, 0.6) is 0 Å². The molecule has 0 fully saturated rings. The van der Waals surface area contributed by atoms with E-state index in [9.17, 15) is 19.2 Å². The number of amides is 4. The highest BCUT2D eigenvalue weighted by molar-refractivity contribution is 6.21. The summed E-state index contributed by atoms with van der Waals surface area (Å²) in [5, 5.41) is 2.07. The van der Waals surface area contributed by atoms with Crippen molar-refractivity contribution >= 4 is 23.6 Å². The molecule has 0 atom stereocenters. The van der Waals surface area contributed by atoms with Gasteiger partial charge in [-0.1, -0.05) is 24.3 Å². The number of nitrogens with zero attached hydrogens (tertiary/aromatic N) is 3. The van der Waals surface area contributed by atoms with E-state index >= 15 is 0 Å². The Morgan fingerprint density at radius 3 is 1.23 bits per heavy atom. The van der Waals surface area contributed by atoms with Gasteiger partial charge in [0.1, 0.15) is 0 Å². The molecular weight excluding hydrogens is 386 g/mol. The van der Waals surface area contributed by atoms with Gasteiger partial charge in [0.2, 0.25) is 0 Å². The van der Waals surface area contributed by atoms with Crippen LogP contribution in [0.2, 0.25) is 0 Å². The van der Waals surface area contributed by atoms with Crippen LogP contribution in [0.4, 0.5) is 0 Å². The van der Waals surface area contributed by atoms with Crippen molar-refractivity contribution in [2.45, 2.75) is 0 Å². The van der Waals surface area contributed by atoms with Gasteiger partial charge in [-0.25, -0.2) is 20.9 Å². The van der Waals surface area contributed by atoms with Gasteiger partial charge in [-0.2, -0.15) is 0 Å². The van der Waals surface area contributed by atoms with Crippen molar-refractivity contribution in [1.29, 1.82) is 0 Å². The van der Waals surface area contributed by atoms with E-state index < -0.39 is 0 Å². The summed E-state index contributed by atoms with van der Waals surface area (Å²) < 4.78 is 0. The normalized spacial score (nSPS) is 15.4. The SMILES string of the molecule is CN(CCNN1C(=O)c2ccccc2C1=O)CCNN1C(=O)c2ccccc2C1=O. The van der Waals surface area contributed by atoms with Crippen LogP contribution in [-0.4, -0.2) is 71.8 Å². The fourth-order valence-electron chi connectivity index (χ4n) is 3.48. The maximum absolute atomic E-state index is 12.3. The van der Waals surface area contributed by atoms with Gasteiger partial charge in [-0.05, 0) is 31.3 Å². The predicted molar refractivity (Wildman–Crippen MR) is 107 cm³/mol. The predicted octanol–water partition coefficient (Wildman–Crippen LogP) is 0.520. The zero-order chi connectivity index (χ0) is 21.3. The third-order valence-corrected chi connectivity index (χ3v) is 5.12. The maximum atomic E-state index is 12.3. The van der Waals surface area contributed by atoms with E-state index in [1.54, 1.807) is 48.5 Å². The van der Waals surface area contributed by atoms with Gasteiger partial charge in [0, 0.05) is 26.2 Å². The third-order valence-electron chi connectivity index (χ3n) is 5.12. The number of likely N-dealkylation sites (N-methyl/N-ethyl adjacent to an activating group) is 1. The first-order valence-corrected chi connectivity index (χ1v) is 9.60. The topological polar surface area (TPSA) is 102 Å². The van der Waals surface area contributed by atoms with Gasteiger partial charge < -0.3 is 4.90 Å². The van der Waals surface area contributed by atoms with Crippen LogP contribution >= 0.6 is 0 Å². The number of nitrogens with one attached hydrogen (secondary N) is 2. The number of hydrogen-bond donors (Lipinski definition) is 2. The van der Waals surface area contributed by atoms with E-state index in [1.807, 2.05) is 11.9 Å². The van der Waals surface area contributed by atoms with Crippen LogP contribution < -0.4 is 10.9 Å². The van der Waals surface area contributed by atoms with Crippen molar-refractivity contribution in [3.8, 4) is 0 Å². The first-order chi connectivity index (χ1) is 14.5. The molecule has 0 saturated heterocycles. The summed E-state index contributed by atoms with van der Waals surface area (Å²) in [6.07, 6.45) is 0. The Morgan fingerprint density at radius 2 is 0.933 bits per heavy atom. The molecule has 0 unspecified atom stereocenters. The van der Waals surface area contributed by atoms with Crippen molar-refractivity contribution in [3.63, 3.8) is 0 Å². The number of carbonyl (C=O) groups excluding carboxylic acids is 4. The van der Waals surface area contributed by atoms with Gasteiger partial charge in [0.15, 0.2) is 0 Å². The second-order valence-corrected chi connectivity index (χ2v) is 7.10. The van der Waals surface area contributed by atoms with Crippen LogP contribution in [-0.2, 0) is 0 Å². The Labute approximate surface area is 173 Å². The van der Waals surface area contributed by atoms with Crippen LogP contribution in [0.25, 0.3) is 0 Å². The summed E-state index contributed by atoms with van der Waals surface area (Å²) in [7, 11) is 1.87. The minimum Gasteiger partial charge on any atom is -0.304 e. The molecule has 0 bridgehead atoms. The molecule has 4 amide bonds. The number of carbonyl (C=O) groups is 4. The Morgan fingerprint density at radius 1 is 0.633 bits per heavy atom. The molecule has 2 heterocycles. The van der Waals surface area contributed by atoms with Gasteiger partial charge in [-0.15, -0.1) is 0 Å². The zero-order valence-corrected chi connectivity index (χ0v) is 16.4. The molecule has 0 aromatic heterocycles. The number of fused-ring (bicyclic) bond motifs is 2. The average molecular weight is 407 g/mol. The van der Waals surface area contributed by atoms with E-state index in [4.69, 9.17) is 0 Å². The Balaban J connectivity index is 1.21. The molecule has 0 radical (unpaired) electrons. The third kappa shape index (κ3) is 3.50. The lowest BCUT2D eigenvalue weighted by molar-refractivity contribution is 0.0558. The summed E-state index contributed by atoms with van der Waals surface area (Å²) in [5.74, 6) is -1.42. The molecule has 2 aromatic carbocycles. The van der Waals surface area contributed by atoms with Crippen molar-refractivity contribution in [2.75, 3.05) is 33.2 Å². The first-order valence-electron chi connectivity index (χ1n) is 9.60. The summed E-state index contributed by atoms with van der Waals surface area (Å²) in [5.41, 5.74) is 7.33. The van der Waals surface area contributed by atoms with E-state index in [0.29, 0.717) is 48.4 Å². The minimum absolute atomic E-state index is 0.356. The van der Waals surface area contributed by atoms with Crippen LogP contribution in [0.15, 0.2) is 48.5 Å². The van der Waals surface area contributed by atoms with Crippen molar-refractivity contribution in [1.82, 2.24) is 25.8 Å². The highest BCUT2D eigenvalue weighted by Gasteiger charge is 2.36. The van der Waals surface area contributed by atoms with Crippen molar-refractivity contribution in [2.24, 2.45) is 0 Å². The van der Waals surface area contributed by atoms with Gasteiger partial charge in [0.25, 0.3) is 23.6 Å². The molecule has 30 heavy (non-hydrogen) atoms. The lowest BCUT2D eigenvalue weighted by Gasteiger charge is -2.21. The van der Waals surface area contributed by atoms with Gasteiger partial charge in [0.05, 0.1) is 22.3 Å². The number of hydrazine groups is 2. The molecule has 2 aliphatic rings. The average Bonchev–Trinajstić information content (AvgIpc) is 3.15. The second kappa shape index (κ2) is 8.15. The summed E-state index contributed by atoms with van der Waals surface area (Å²) in [4.78, 5) is 51.2. The molecule has 0 spiro atoms. The van der Waals surface area contributed by atoms with Gasteiger partial charge >= 0.3 is 0 Å². The largest absolute Gasteiger partial charge is 0.304 e. The van der Waals surface area contributed by atoms with E-state index in [2.05, 4.69) is 10.9 Å². The molecule has 2 aliphatic heterocycles. The molecule has 9 heteroatoms. The number of rotatable bonds is 8. The molecule has 2 N–H and O–H groups in total. The maximum Gasteiger partial charge on any atom is 0.276 e. The van der Waals surface area contributed by atoms with Crippen molar-refractivity contribution < 1.29 is 19.2 Å².